The van der Waals surface area contributed by atoms with Crippen LogP contribution in [0.15, 0.2) is 29.2 Å². The van der Waals surface area contributed by atoms with E-state index in [0.717, 1.165) is 12.8 Å². The van der Waals surface area contributed by atoms with E-state index in [-0.39, 0.29) is 10.8 Å². The van der Waals surface area contributed by atoms with Gasteiger partial charge in [0.1, 0.15) is 0 Å². The number of carbonyl (C=O) groups is 2. The molecule has 1 fully saturated rings. The zero-order valence-electron chi connectivity index (χ0n) is 12.8. The molecule has 2 rings (SSSR count). The predicted octanol–water partition coefficient (Wildman–Crippen LogP) is 1.57. The zero-order valence-corrected chi connectivity index (χ0v) is 13.6. The summed E-state index contributed by atoms with van der Waals surface area (Å²) in [6, 6.07) is 5.15. The Labute approximate surface area is 135 Å². The van der Waals surface area contributed by atoms with E-state index < -0.39 is 28.0 Å². The van der Waals surface area contributed by atoms with Crippen LogP contribution in [0.4, 0.5) is 5.69 Å². The Balaban J connectivity index is 2.14. The number of aliphatic carboxylic acids is 1. The number of carboxylic acids is 1. The molecule has 8 heteroatoms. The van der Waals surface area contributed by atoms with Gasteiger partial charge < -0.3 is 10.4 Å². The van der Waals surface area contributed by atoms with Gasteiger partial charge in [-0.15, -0.1) is 0 Å². The zero-order chi connectivity index (χ0) is 17.0. The quantitative estimate of drug-likeness (QED) is 0.753. The van der Waals surface area contributed by atoms with E-state index in [1.54, 1.807) is 0 Å². The van der Waals surface area contributed by atoms with Gasteiger partial charge >= 0.3 is 5.97 Å². The summed E-state index contributed by atoms with van der Waals surface area (Å²) in [4.78, 5) is 22.3. The van der Waals surface area contributed by atoms with Gasteiger partial charge in [0.2, 0.25) is 15.9 Å². The Bertz CT molecular complexity index is 684. The third-order valence-corrected chi connectivity index (χ3v) is 5.38. The molecule has 1 aromatic carbocycles. The van der Waals surface area contributed by atoms with Crippen LogP contribution in [0, 0.1) is 5.92 Å². The molecule has 0 heterocycles. The van der Waals surface area contributed by atoms with Crippen molar-refractivity contribution in [2.75, 3.05) is 5.32 Å². The summed E-state index contributed by atoms with van der Waals surface area (Å²) in [5, 5.41) is 11.8. The van der Waals surface area contributed by atoms with E-state index in [1.165, 1.54) is 31.2 Å². The highest BCUT2D eigenvalue weighted by atomic mass is 32.2. The topological polar surface area (TPSA) is 113 Å². The molecule has 1 aromatic rings. The van der Waals surface area contributed by atoms with Crippen molar-refractivity contribution in [3.8, 4) is 0 Å². The molecule has 0 aliphatic heterocycles. The number of hydrogen-bond donors (Lipinski definition) is 3. The third-order valence-electron chi connectivity index (χ3n) is 3.87. The van der Waals surface area contributed by atoms with Crippen molar-refractivity contribution >= 4 is 27.6 Å². The van der Waals surface area contributed by atoms with Crippen LogP contribution in [0.25, 0.3) is 0 Å². The van der Waals surface area contributed by atoms with E-state index >= 15 is 0 Å². The molecule has 0 unspecified atom stereocenters. The van der Waals surface area contributed by atoms with Gasteiger partial charge in [0.25, 0.3) is 0 Å². The van der Waals surface area contributed by atoms with Crippen LogP contribution >= 0.6 is 0 Å². The van der Waals surface area contributed by atoms with E-state index in [0.29, 0.717) is 18.5 Å². The minimum atomic E-state index is -3.80. The highest BCUT2D eigenvalue weighted by Gasteiger charge is 2.33. The molecule has 1 amide bonds. The Hall–Kier alpha value is -1.93. The Morgan fingerprint density at radius 3 is 2.30 bits per heavy atom. The molecule has 23 heavy (non-hydrogen) atoms. The van der Waals surface area contributed by atoms with E-state index in [9.17, 15) is 23.1 Å². The normalized spacial score (nSPS) is 21.6. The van der Waals surface area contributed by atoms with E-state index in [2.05, 4.69) is 10.0 Å². The average Bonchev–Trinajstić information content (AvgIpc) is 2.47. The van der Waals surface area contributed by atoms with Gasteiger partial charge in [-0.05, 0) is 37.1 Å². The second-order valence-electron chi connectivity index (χ2n) is 5.66. The summed E-state index contributed by atoms with van der Waals surface area (Å²) in [6.07, 6.45) is 2.59. The Kier molecular flexibility index (Phi) is 5.38. The maximum atomic E-state index is 12.4. The molecule has 0 radical (unpaired) electrons. The minimum Gasteiger partial charge on any atom is -0.481 e. The average molecular weight is 340 g/mol. The van der Waals surface area contributed by atoms with Crippen LogP contribution in [-0.4, -0.2) is 31.4 Å². The minimum absolute atomic E-state index is 0.0429. The van der Waals surface area contributed by atoms with Crippen LogP contribution in [0.2, 0.25) is 0 Å². The van der Waals surface area contributed by atoms with Crippen molar-refractivity contribution in [1.82, 2.24) is 4.72 Å². The van der Waals surface area contributed by atoms with Crippen LogP contribution < -0.4 is 10.0 Å². The van der Waals surface area contributed by atoms with Gasteiger partial charge in [-0.2, -0.15) is 0 Å². The highest BCUT2D eigenvalue weighted by Crippen LogP contribution is 2.26. The van der Waals surface area contributed by atoms with Gasteiger partial charge in [0.05, 0.1) is 10.8 Å². The van der Waals surface area contributed by atoms with Crippen LogP contribution in [0.1, 0.15) is 32.6 Å². The van der Waals surface area contributed by atoms with Gasteiger partial charge in [0, 0.05) is 18.7 Å². The maximum absolute atomic E-state index is 12.4. The lowest BCUT2D eigenvalue weighted by Gasteiger charge is -2.29. The highest BCUT2D eigenvalue weighted by molar-refractivity contribution is 7.89. The number of carbonyl (C=O) groups excluding carboxylic acids is 1. The number of rotatable bonds is 5. The van der Waals surface area contributed by atoms with Crippen molar-refractivity contribution in [2.45, 2.75) is 43.5 Å². The lowest BCUT2D eigenvalue weighted by atomic mass is 9.85. The molecule has 1 saturated carbocycles. The predicted molar refractivity (Wildman–Crippen MR) is 84.4 cm³/mol. The monoisotopic (exact) mass is 340 g/mol. The maximum Gasteiger partial charge on any atom is 0.308 e. The Morgan fingerprint density at radius 1 is 1.13 bits per heavy atom. The molecule has 7 nitrogen and oxygen atoms in total. The van der Waals surface area contributed by atoms with Gasteiger partial charge in [-0.3, -0.25) is 9.59 Å². The molecule has 2 atom stereocenters. The first kappa shape index (κ1) is 17.4. The molecular formula is C15H20N2O5S. The summed E-state index contributed by atoms with van der Waals surface area (Å²) >= 11 is 0. The molecule has 0 spiro atoms. The first-order valence-corrected chi connectivity index (χ1v) is 8.91. The van der Waals surface area contributed by atoms with E-state index in [1.807, 2.05) is 0 Å². The van der Waals surface area contributed by atoms with Crippen LogP contribution in [0.5, 0.6) is 0 Å². The summed E-state index contributed by atoms with van der Waals surface area (Å²) in [7, 11) is -3.80. The van der Waals surface area contributed by atoms with Gasteiger partial charge in [0.15, 0.2) is 0 Å². The summed E-state index contributed by atoms with van der Waals surface area (Å²) in [6.45, 7) is 1.36. The first-order valence-electron chi connectivity index (χ1n) is 7.42. The molecule has 3 N–H and O–H groups in total. The number of sulfonamides is 1. The first-order chi connectivity index (χ1) is 10.8. The molecule has 0 bridgehead atoms. The summed E-state index contributed by atoms with van der Waals surface area (Å²) < 4.78 is 27.3. The fourth-order valence-corrected chi connectivity index (χ4v) is 4.07. The summed E-state index contributed by atoms with van der Waals surface area (Å²) in [5.41, 5.74) is 0.498. The fraction of sp³-hybridized carbons (Fsp3) is 0.467. The molecule has 1 aliphatic rings. The van der Waals surface area contributed by atoms with Crippen molar-refractivity contribution in [3.63, 3.8) is 0 Å². The van der Waals surface area contributed by atoms with Crippen LogP contribution in [0.3, 0.4) is 0 Å². The third kappa shape index (κ3) is 4.52. The number of anilines is 1. The molecule has 126 valence electrons. The molecule has 0 aromatic heterocycles. The number of hydrogen-bond acceptors (Lipinski definition) is 4. The number of carboxylic acid groups (broad SMARTS) is 1. The van der Waals surface area contributed by atoms with Crippen molar-refractivity contribution in [3.05, 3.63) is 24.3 Å². The second kappa shape index (κ2) is 7.10. The van der Waals surface area contributed by atoms with Crippen LogP contribution in [-0.2, 0) is 19.6 Å². The van der Waals surface area contributed by atoms with Crippen molar-refractivity contribution < 1.29 is 23.1 Å². The number of nitrogens with one attached hydrogen (secondary N) is 2. The molecular weight excluding hydrogens is 320 g/mol. The lowest BCUT2D eigenvalue weighted by Crippen LogP contribution is -2.44. The smallest absolute Gasteiger partial charge is 0.308 e. The van der Waals surface area contributed by atoms with Gasteiger partial charge in [-0.25, -0.2) is 13.1 Å². The fourth-order valence-electron chi connectivity index (χ4n) is 2.76. The second-order valence-corrected chi connectivity index (χ2v) is 7.38. The molecule has 0 saturated heterocycles. The SMILES string of the molecule is CC(=O)Nc1ccc(S(=O)(=O)N[C@@H]2CCCC[C@H]2C(=O)O)cc1. The molecule has 1 aliphatic carbocycles. The van der Waals surface area contributed by atoms with E-state index in [4.69, 9.17) is 0 Å². The van der Waals surface area contributed by atoms with Crippen molar-refractivity contribution in [2.24, 2.45) is 5.92 Å². The number of benzene rings is 1. The van der Waals surface area contributed by atoms with Gasteiger partial charge in [-0.1, -0.05) is 12.8 Å². The standard InChI is InChI=1S/C15H20N2O5S/c1-10(18)16-11-6-8-12(9-7-11)23(21,22)17-14-5-3-2-4-13(14)15(19)20/h6-9,13-14,17H,2-5H2,1H3,(H,16,18)(H,19,20)/t13-,14-/m1/s1. The largest absolute Gasteiger partial charge is 0.481 e. The summed E-state index contributed by atoms with van der Waals surface area (Å²) in [5.74, 6) is -1.92. The Morgan fingerprint density at radius 2 is 1.74 bits per heavy atom. The van der Waals surface area contributed by atoms with Crippen molar-refractivity contribution in [1.29, 1.82) is 0 Å². The number of amides is 1. The lowest BCUT2D eigenvalue weighted by molar-refractivity contribution is -0.143.